The maximum Gasteiger partial charge on any atom is 0.245 e. The number of nitrogens with zero attached hydrogens (tertiary/aromatic N) is 5. The van der Waals surface area contributed by atoms with Gasteiger partial charge in [0.25, 0.3) is 0 Å². The van der Waals surface area contributed by atoms with Crippen molar-refractivity contribution >= 4 is 44.8 Å². The molecule has 1 aliphatic carbocycles. The second-order valence-corrected chi connectivity index (χ2v) is 14.4. The van der Waals surface area contributed by atoms with E-state index in [9.17, 15) is 18.6 Å². The Labute approximate surface area is 275 Å². The molecule has 6 rings (SSSR count). The third kappa shape index (κ3) is 7.25. The molecule has 14 heteroatoms. The van der Waals surface area contributed by atoms with Gasteiger partial charge >= 0.3 is 0 Å². The lowest BCUT2D eigenvalue weighted by Gasteiger charge is -2.39. The van der Waals surface area contributed by atoms with Gasteiger partial charge in [-0.15, -0.1) is 0 Å². The third-order valence-corrected chi connectivity index (χ3v) is 11.4. The molecular weight excluding hydrogens is 630 g/mol. The first-order chi connectivity index (χ1) is 22.2. The summed E-state index contributed by atoms with van der Waals surface area (Å²) >= 11 is 6.48. The fraction of sp³-hybridized carbons (Fsp3) is 0.500. The van der Waals surface area contributed by atoms with Gasteiger partial charge < -0.3 is 25.6 Å². The van der Waals surface area contributed by atoms with Gasteiger partial charge in [-0.25, -0.2) is 13.4 Å². The zero-order valence-electron chi connectivity index (χ0n) is 26.0. The summed E-state index contributed by atoms with van der Waals surface area (Å²) in [7, 11) is -2.21. The SMILES string of the molecule is COc1cc2c(cc1Nc1ncc(Cl)c(Nc3ccccc3S(=O)(=O)N3CCC(O)C3)n1)CCCC(N1CCN(CCO)CC1)C2. The van der Waals surface area contributed by atoms with Crippen LogP contribution in [0.25, 0.3) is 0 Å². The van der Waals surface area contributed by atoms with E-state index in [-0.39, 0.29) is 41.4 Å². The van der Waals surface area contributed by atoms with Crippen LogP contribution in [0.3, 0.4) is 0 Å². The number of methoxy groups -OCH3 is 1. The van der Waals surface area contributed by atoms with Crippen LogP contribution in [0.1, 0.15) is 30.4 Å². The molecule has 0 bridgehead atoms. The maximum absolute atomic E-state index is 13.4. The van der Waals surface area contributed by atoms with Crippen molar-refractivity contribution < 1.29 is 23.4 Å². The number of ether oxygens (including phenoxy) is 1. The minimum absolute atomic E-state index is 0.0602. The van der Waals surface area contributed by atoms with Gasteiger partial charge in [0, 0.05) is 51.9 Å². The van der Waals surface area contributed by atoms with Crippen molar-refractivity contribution in [3.05, 3.63) is 58.7 Å². The number of β-amino-alcohol motifs (C(OH)–C–C–N with tert-alkyl or cyclic N) is 2. The molecule has 2 unspecified atom stereocenters. The van der Waals surface area contributed by atoms with Gasteiger partial charge in [0.1, 0.15) is 15.7 Å². The van der Waals surface area contributed by atoms with Gasteiger partial charge in [0.2, 0.25) is 16.0 Å². The number of rotatable bonds is 10. The zero-order chi connectivity index (χ0) is 32.3. The highest BCUT2D eigenvalue weighted by atomic mass is 35.5. The van der Waals surface area contributed by atoms with E-state index in [2.05, 4.69) is 42.5 Å². The van der Waals surface area contributed by atoms with E-state index in [0.717, 1.165) is 64.1 Å². The fourth-order valence-corrected chi connectivity index (χ4v) is 8.45. The summed E-state index contributed by atoms with van der Waals surface area (Å²) in [4.78, 5) is 14.0. The molecule has 3 aromatic rings. The Hall–Kier alpha value is -3.04. The van der Waals surface area contributed by atoms with Crippen molar-refractivity contribution in [1.82, 2.24) is 24.1 Å². The van der Waals surface area contributed by atoms with Gasteiger partial charge in [-0.05, 0) is 67.5 Å². The van der Waals surface area contributed by atoms with Gasteiger partial charge in [-0.1, -0.05) is 23.7 Å². The van der Waals surface area contributed by atoms with Crippen LogP contribution in [0.15, 0.2) is 47.5 Å². The van der Waals surface area contributed by atoms with E-state index >= 15 is 0 Å². The van der Waals surface area contributed by atoms with Crippen molar-refractivity contribution in [3.63, 3.8) is 0 Å². The Morgan fingerprint density at radius 2 is 1.85 bits per heavy atom. The molecule has 2 saturated heterocycles. The molecule has 248 valence electrons. The lowest BCUT2D eigenvalue weighted by molar-refractivity contribution is 0.0805. The molecule has 2 aliphatic heterocycles. The molecule has 0 radical (unpaired) electrons. The molecule has 3 heterocycles. The van der Waals surface area contributed by atoms with Crippen molar-refractivity contribution in [2.24, 2.45) is 0 Å². The summed E-state index contributed by atoms with van der Waals surface area (Å²) in [6, 6.07) is 11.3. The number of para-hydroxylation sites is 1. The minimum atomic E-state index is -3.85. The predicted octanol–water partition coefficient (Wildman–Crippen LogP) is 3.24. The number of sulfonamides is 1. The molecule has 4 N–H and O–H groups in total. The second kappa shape index (κ2) is 14.4. The highest BCUT2D eigenvalue weighted by molar-refractivity contribution is 7.89. The number of nitrogens with one attached hydrogen (secondary N) is 2. The number of aromatic nitrogens is 2. The van der Waals surface area contributed by atoms with E-state index in [1.165, 1.54) is 27.7 Å². The Morgan fingerprint density at radius 3 is 2.59 bits per heavy atom. The highest BCUT2D eigenvalue weighted by Gasteiger charge is 2.33. The van der Waals surface area contributed by atoms with Crippen molar-refractivity contribution in [3.8, 4) is 5.75 Å². The first-order valence-corrected chi connectivity index (χ1v) is 17.7. The number of hydrogen-bond donors (Lipinski definition) is 4. The minimum Gasteiger partial charge on any atom is -0.495 e. The summed E-state index contributed by atoms with van der Waals surface area (Å²) in [5.41, 5.74) is 3.61. The van der Waals surface area contributed by atoms with Crippen LogP contribution in [0, 0.1) is 0 Å². The Kier molecular flexibility index (Phi) is 10.3. The van der Waals surface area contributed by atoms with E-state index in [1.54, 1.807) is 25.3 Å². The first kappa shape index (κ1) is 32.9. The lowest BCUT2D eigenvalue weighted by atomic mass is 9.99. The molecule has 1 aromatic heterocycles. The number of fused-ring (bicyclic) bond motifs is 1. The summed E-state index contributed by atoms with van der Waals surface area (Å²) in [6.07, 6.45) is 5.32. The number of anilines is 4. The normalized spacial score (nSPS) is 21.5. The molecule has 2 fully saturated rings. The lowest BCUT2D eigenvalue weighted by Crippen LogP contribution is -2.51. The van der Waals surface area contributed by atoms with Crippen molar-refractivity contribution in [2.75, 3.05) is 70.2 Å². The number of aryl methyl sites for hydroxylation is 1. The topological polar surface area (TPSA) is 143 Å². The number of aliphatic hydroxyl groups is 2. The third-order valence-electron chi connectivity index (χ3n) is 9.17. The monoisotopic (exact) mass is 671 g/mol. The van der Waals surface area contributed by atoms with E-state index < -0.39 is 16.1 Å². The molecule has 0 amide bonds. The summed E-state index contributed by atoms with van der Waals surface area (Å²) in [6.45, 7) is 5.25. The number of piperazine rings is 1. The smallest absolute Gasteiger partial charge is 0.245 e. The second-order valence-electron chi connectivity index (χ2n) is 12.1. The Bertz CT molecular complexity index is 1640. The summed E-state index contributed by atoms with van der Waals surface area (Å²) in [5.74, 6) is 1.21. The van der Waals surface area contributed by atoms with Crippen LogP contribution in [-0.4, -0.2) is 114 Å². The molecule has 0 spiro atoms. The molecule has 46 heavy (non-hydrogen) atoms. The number of aliphatic hydroxyl groups excluding tert-OH is 2. The summed E-state index contributed by atoms with van der Waals surface area (Å²) in [5, 5.41) is 25.8. The van der Waals surface area contributed by atoms with Gasteiger partial charge in [-0.2, -0.15) is 9.29 Å². The van der Waals surface area contributed by atoms with Gasteiger partial charge in [0.05, 0.1) is 37.4 Å². The molecule has 0 saturated carbocycles. The van der Waals surface area contributed by atoms with Crippen molar-refractivity contribution in [1.29, 1.82) is 0 Å². The van der Waals surface area contributed by atoms with E-state index in [4.69, 9.17) is 16.3 Å². The van der Waals surface area contributed by atoms with Crippen LogP contribution in [0.5, 0.6) is 5.75 Å². The Morgan fingerprint density at radius 1 is 1.04 bits per heavy atom. The average Bonchev–Trinajstić information content (AvgIpc) is 3.40. The number of hydrogen-bond acceptors (Lipinski definition) is 11. The quantitative estimate of drug-likeness (QED) is 0.236. The molecule has 3 aliphatic rings. The number of benzene rings is 2. The molecule has 2 aromatic carbocycles. The number of halogens is 1. The van der Waals surface area contributed by atoms with Crippen LogP contribution in [0.2, 0.25) is 5.02 Å². The maximum atomic E-state index is 13.4. The fourth-order valence-electron chi connectivity index (χ4n) is 6.67. The molecule has 12 nitrogen and oxygen atoms in total. The van der Waals surface area contributed by atoms with Crippen molar-refractivity contribution in [2.45, 2.75) is 49.1 Å². The van der Waals surface area contributed by atoms with E-state index in [0.29, 0.717) is 23.9 Å². The van der Waals surface area contributed by atoms with Gasteiger partial charge in [-0.3, -0.25) is 9.80 Å². The first-order valence-electron chi connectivity index (χ1n) is 15.9. The zero-order valence-corrected chi connectivity index (χ0v) is 27.6. The molecule has 2 atom stereocenters. The van der Waals surface area contributed by atoms with Gasteiger partial charge in [0.15, 0.2) is 5.82 Å². The highest BCUT2D eigenvalue weighted by Crippen LogP contribution is 2.36. The van der Waals surface area contributed by atoms with Crippen LogP contribution in [-0.2, 0) is 22.9 Å². The largest absolute Gasteiger partial charge is 0.495 e. The molecular formula is C32H42ClN7O5S. The Balaban J connectivity index is 1.20. The standard InChI is InChI=1S/C32H42ClN7O5S/c1-45-29-19-23-17-24(39-13-11-38(12-14-39)15-16-41)6-4-5-22(23)18-28(29)36-32-34-20-26(33)31(37-32)35-27-7-2-3-8-30(27)46(43,44)40-10-9-25(42)21-40/h2-3,7-8,18-20,24-25,41-42H,4-6,9-17,21H2,1H3,(H2,34,35,36,37). The average molecular weight is 672 g/mol. The van der Waals surface area contributed by atoms with Crippen LogP contribution >= 0.6 is 11.6 Å². The predicted molar refractivity (Wildman–Crippen MR) is 178 cm³/mol. The van der Waals surface area contributed by atoms with E-state index in [1.807, 2.05) is 0 Å². The summed E-state index contributed by atoms with van der Waals surface area (Å²) < 4.78 is 33.9. The van der Waals surface area contributed by atoms with Crippen LogP contribution < -0.4 is 15.4 Å². The van der Waals surface area contributed by atoms with Crippen LogP contribution in [0.4, 0.5) is 23.1 Å².